The van der Waals surface area contributed by atoms with Gasteiger partial charge in [-0.05, 0) is 45.1 Å². The number of nitrogens with one attached hydrogen (secondary N) is 3. The van der Waals surface area contributed by atoms with Crippen molar-refractivity contribution in [1.82, 2.24) is 20.9 Å². The number of carbonyl (C=O) groups excluding carboxylic acids is 5. The van der Waals surface area contributed by atoms with E-state index in [4.69, 9.17) is 0 Å². The minimum atomic E-state index is -1.30. The number of carbonyl (C=O) groups is 5. The Balaban J connectivity index is 1.80. The summed E-state index contributed by atoms with van der Waals surface area (Å²) in [4.78, 5) is 66.5. The fourth-order valence-electron chi connectivity index (χ4n) is 4.79. The highest BCUT2D eigenvalue weighted by atomic mass is 79.9. The van der Waals surface area contributed by atoms with Crippen LogP contribution < -0.4 is 16.0 Å². The lowest BCUT2D eigenvalue weighted by atomic mass is 9.98. The third-order valence-electron chi connectivity index (χ3n) is 6.96. The average molecular weight is 578 g/mol. The molecule has 4 amide bonds. The summed E-state index contributed by atoms with van der Waals surface area (Å²) in [6.07, 6.45) is 4.34. The quantitative estimate of drug-likeness (QED) is 0.306. The van der Waals surface area contributed by atoms with Gasteiger partial charge in [0.25, 0.3) is 0 Å². The molecular weight excluding hydrogens is 540 g/mol. The van der Waals surface area contributed by atoms with Gasteiger partial charge in [-0.25, -0.2) is 0 Å². The SMILES string of the molecule is CC1(C)NC(=O)[C@H](CCCCCC(=O)CBr)NC(=O)[C@@H]2CCCN2C(=O)[C@H](Cc2ccccc2)NC1=O. The van der Waals surface area contributed by atoms with E-state index in [-0.39, 0.29) is 24.0 Å². The topological polar surface area (TPSA) is 125 Å². The largest absolute Gasteiger partial charge is 0.343 e. The molecule has 1 aromatic carbocycles. The van der Waals surface area contributed by atoms with Crippen LogP contribution in [0.4, 0.5) is 0 Å². The van der Waals surface area contributed by atoms with Gasteiger partial charge in [-0.15, -0.1) is 0 Å². The summed E-state index contributed by atoms with van der Waals surface area (Å²) in [6, 6.07) is 6.99. The predicted octanol–water partition coefficient (Wildman–Crippen LogP) is 2.01. The lowest BCUT2D eigenvalue weighted by molar-refractivity contribution is -0.144. The van der Waals surface area contributed by atoms with E-state index in [9.17, 15) is 24.0 Å². The van der Waals surface area contributed by atoms with Gasteiger partial charge in [-0.2, -0.15) is 0 Å². The van der Waals surface area contributed by atoms with Crippen LogP contribution in [-0.2, 0) is 30.4 Å². The fraction of sp³-hybridized carbons (Fsp3) is 0.593. The molecule has 3 atom stereocenters. The molecule has 1 aromatic rings. The standard InChI is InChI=1S/C27H37BrN4O5/c1-27(2)26(37)30-21(16-18-10-5-3-6-11-18)25(36)32-15-9-14-22(32)24(35)29-20(23(34)31-27)13-8-4-7-12-19(33)17-28/h3,5-6,10-11,20-22H,4,7-9,12-17H2,1-2H3,(H,29,35)(H,30,37)(H,31,34)/t20-,21-,22-/m0/s1. The molecule has 2 saturated heterocycles. The molecule has 9 nitrogen and oxygen atoms in total. The van der Waals surface area contributed by atoms with Crippen LogP contribution in [-0.4, -0.2) is 69.9 Å². The van der Waals surface area contributed by atoms with E-state index in [0.717, 1.165) is 12.0 Å². The Morgan fingerprint density at radius 1 is 1.00 bits per heavy atom. The first-order valence-electron chi connectivity index (χ1n) is 13.0. The van der Waals surface area contributed by atoms with Crippen LogP contribution in [0.5, 0.6) is 0 Å². The lowest BCUT2D eigenvalue weighted by Crippen LogP contribution is -2.64. The molecule has 0 spiro atoms. The van der Waals surface area contributed by atoms with E-state index in [1.165, 1.54) is 0 Å². The second kappa shape index (κ2) is 13.2. The van der Waals surface area contributed by atoms with Gasteiger partial charge in [0.05, 0.1) is 5.33 Å². The van der Waals surface area contributed by atoms with Crippen LogP contribution in [0, 0.1) is 0 Å². The van der Waals surface area contributed by atoms with Crippen LogP contribution in [0.1, 0.15) is 64.4 Å². The van der Waals surface area contributed by atoms with Crippen molar-refractivity contribution in [2.45, 2.75) is 88.9 Å². The smallest absolute Gasteiger partial charge is 0.246 e. The Hall–Kier alpha value is -2.75. The Labute approximate surface area is 226 Å². The highest BCUT2D eigenvalue weighted by Crippen LogP contribution is 2.21. The molecule has 202 valence electrons. The summed E-state index contributed by atoms with van der Waals surface area (Å²) in [7, 11) is 0. The molecule has 37 heavy (non-hydrogen) atoms. The van der Waals surface area contributed by atoms with Crippen molar-refractivity contribution in [1.29, 1.82) is 0 Å². The van der Waals surface area contributed by atoms with Crippen LogP contribution in [0.2, 0.25) is 0 Å². The maximum absolute atomic E-state index is 13.6. The number of hydrogen-bond donors (Lipinski definition) is 3. The highest BCUT2D eigenvalue weighted by Gasteiger charge is 2.42. The zero-order valence-corrected chi connectivity index (χ0v) is 23.1. The lowest BCUT2D eigenvalue weighted by Gasteiger charge is -2.34. The van der Waals surface area contributed by atoms with E-state index in [1.54, 1.807) is 18.7 Å². The number of rotatable bonds is 9. The molecule has 0 aliphatic carbocycles. The van der Waals surface area contributed by atoms with E-state index < -0.39 is 35.5 Å². The zero-order chi connectivity index (χ0) is 27.0. The second-order valence-corrected chi connectivity index (χ2v) is 10.9. The first-order chi connectivity index (χ1) is 17.6. The van der Waals surface area contributed by atoms with E-state index in [2.05, 4.69) is 31.9 Å². The first-order valence-corrected chi connectivity index (χ1v) is 14.1. The van der Waals surface area contributed by atoms with Crippen molar-refractivity contribution in [3.63, 3.8) is 0 Å². The number of fused-ring (bicyclic) bond motifs is 1. The van der Waals surface area contributed by atoms with Crippen LogP contribution in [0.3, 0.4) is 0 Å². The van der Waals surface area contributed by atoms with Crippen molar-refractivity contribution in [3.8, 4) is 0 Å². The van der Waals surface area contributed by atoms with Crippen molar-refractivity contribution in [3.05, 3.63) is 35.9 Å². The maximum Gasteiger partial charge on any atom is 0.246 e. The Kier molecular flexibility index (Phi) is 10.3. The van der Waals surface area contributed by atoms with Crippen molar-refractivity contribution >= 4 is 45.3 Å². The third-order valence-corrected chi connectivity index (χ3v) is 7.58. The predicted molar refractivity (Wildman–Crippen MR) is 143 cm³/mol. The zero-order valence-electron chi connectivity index (χ0n) is 21.6. The second-order valence-electron chi connectivity index (χ2n) is 10.4. The van der Waals surface area contributed by atoms with Gasteiger partial charge in [-0.1, -0.05) is 59.1 Å². The summed E-state index contributed by atoms with van der Waals surface area (Å²) < 4.78 is 0. The van der Waals surface area contributed by atoms with Gasteiger partial charge in [0.2, 0.25) is 23.6 Å². The minimum Gasteiger partial charge on any atom is -0.343 e. The molecule has 10 heteroatoms. The minimum absolute atomic E-state index is 0.126. The summed E-state index contributed by atoms with van der Waals surface area (Å²) in [6.45, 7) is 3.58. The highest BCUT2D eigenvalue weighted by molar-refractivity contribution is 9.09. The van der Waals surface area contributed by atoms with E-state index in [0.29, 0.717) is 50.4 Å². The Morgan fingerprint density at radius 2 is 1.73 bits per heavy atom. The summed E-state index contributed by atoms with van der Waals surface area (Å²) >= 11 is 3.15. The molecule has 0 saturated carbocycles. The molecule has 2 aliphatic rings. The van der Waals surface area contributed by atoms with Crippen molar-refractivity contribution in [2.24, 2.45) is 0 Å². The van der Waals surface area contributed by atoms with Gasteiger partial charge < -0.3 is 20.9 Å². The molecule has 2 aliphatic heterocycles. The van der Waals surface area contributed by atoms with E-state index >= 15 is 0 Å². The van der Waals surface area contributed by atoms with Gasteiger partial charge in [-0.3, -0.25) is 24.0 Å². The monoisotopic (exact) mass is 576 g/mol. The molecule has 0 aromatic heterocycles. The summed E-state index contributed by atoms with van der Waals surface area (Å²) in [5, 5.41) is 8.80. The number of amides is 4. The molecular formula is C27H37BrN4O5. The number of nitrogens with zero attached hydrogens (tertiary/aromatic N) is 1. The van der Waals surface area contributed by atoms with Crippen LogP contribution in [0.25, 0.3) is 0 Å². The number of benzene rings is 1. The van der Waals surface area contributed by atoms with Crippen LogP contribution in [0.15, 0.2) is 30.3 Å². The molecule has 0 unspecified atom stereocenters. The molecule has 0 radical (unpaired) electrons. The maximum atomic E-state index is 13.6. The molecule has 3 N–H and O–H groups in total. The molecule has 0 bridgehead atoms. The normalized spacial score (nSPS) is 24.3. The first kappa shape index (κ1) is 28.8. The average Bonchev–Trinajstić information content (AvgIpc) is 3.36. The summed E-state index contributed by atoms with van der Waals surface area (Å²) in [5.41, 5.74) is -0.422. The summed E-state index contributed by atoms with van der Waals surface area (Å²) in [5.74, 6) is -1.44. The molecule has 3 rings (SSSR count). The van der Waals surface area contributed by atoms with Gasteiger partial charge in [0.15, 0.2) is 0 Å². The molecule has 2 fully saturated rings. The van der Waals surface area contributed by atoms with Crippen molar-refractivity contribution in [2.75, 3.05) is 11.9 Å². The van der Waals surface area contributed by atoms with E-state index in [1.807, 2.05) is 30.3 Å². The number of hydrogen-bond acceptors (Lipinski definition) is 5. The number of unbranched alkanes of at least 4 members (excludes halogenated alkanes) is 2. The number of halogens is 1. The number of Topliss-reactive ketones (excluding diaryl/α,β-unsaturated/α-hetero) is 1. The Morgan fingerprint density at radius 3 is 2.43 bits per heavy atom. The number of alkyl halides is 1. The Bertz CT molecular complexity index is 1000. The fourth-order valence-corrected chi connectivity index (χ4v) is 5.07. The van der Waals surface area contributed by atoms with Gasteiger partial charge in [0.1, 0.15) is 29.4 Å². The van der Waals surface area contributed by atoms with Crippen molar-refractivity contribution < 1.29 is 24.0 Å². The van der Waals surface area contributed by atoms with Gasteiger partial charge in [0, 0.05) is 19.4 Å². The van der Waals surface area contributed by atoms with Gasteiger partial charge >= 0.3 is 0 Å². The third kappa shape index (κ3) is 7.87. The number of ketones is 1. The molecule has 2 heterocycles. The van der Waals surface area contributed by atoms with Crippen LogP contribution >= 0.6 is 15.9 Å².